The first-order chi connectivity index (χ1) is 10.1. The summed E-state index contributed by atoms with van der Waals surface area (Å²) in [5, 5.41) is 13.0. The summed E-state index contributed by atoms with van der Waals surface area (Å²) in [6.45, 7) is 0.357. The summed E-state index contributed by atoms with van der Waals surface area (Å²) in [7, 11) is 0. The molecule has 3 rings (SSSR count). The molecule has 0 aliphatic carbocycles. The summed E-state index contributed by atoms with van der Waals surface area (Å²) in [6.07, 6.45) is 0.638. The van der Waals surface area contributed by atoms with Gasteiger partial charge in [0.15, 0.2) is 10.7 Å². The summed E-state index contributed by atoms with van der Waals surface area (Å²) >= 11 is 1.01. The Hall–Kier alpha value is -2.41. The van der Waals surface area contributed by atoms with Crippen LogP contribution < -0.4 is 10.1 Å². The second-order valence-corrected chi connectivity index (χ2v) is 5.46. The van der Waals surface area contributed by atoms with Crippen LogP contribution in [-0.4, -0.2) is 34.6 Å². The van der Waals surface area contributed by atoms with E-state index in [2.05, 4.69) is 10.3 Å². The third-order valence-corrected chi connectivity index (χ3v) is 3.96. The van der Waals surface area contributed by atoms with Gasteiger partial charge >= 0.3 is 5.97 Å². The van der Waals surface area contributed by atoms with Gasteiger partial charge in [0.2, 0.25) is 0 Å². The molecule has 0 saturated heterocycles. The number of aromatic carboxylic acids is 1. The van der Waals surface area contributed by atoms with E-state index < -0.39 is 5.97 Å². The van der Waals surface area contributed by atoms with Crippen molar-refractivity contribution in [3.63, 3.8) is 0 Å². The van der Waals surface area contributed by atoms with Crippen molar-refractivity contribution in [2.75, 3.05) is 6.54 Å². The highest BCUT2D eigenvalue weighted by Gasteiger charge is 2.23. The number of hydrogen-bond acceptors (Lipinski definition) is 5. The first-order valence-corrected chi connectivity index (χ1v) is 7.23. The number of ether oxygens (including phenoxy) is 1. The van der Waals surface area contributed by atoms with E-state index in [1.807, 2.05) is 24.3 Å². The molecule has 7 heteroatoms. The zero-order valence-electron chi connectivity index (χ0n) is 10.9. The molecule has 1 atom stereocenters. The number of benzene rings is 1. The van der Waals surface area contributed by atoms with E-state index in [0.717, 1.165) is 29.1 Å². The van der Waals surface area contributed by atoms with Crippen molar-refractivity contribution in [1.29, 1.82) is 0 Å². The monoisotopic (exact) mass is 304 g/mol. The highest BCUT2D eigenvalue weighted by atomic mass is 32.1. The number of rotatable bonds is 4. The fourth-order valence-electron chi connectivity index (χ4n) is 2.13. The smallest absolute Gasteiger partial charge is 0.355 e. The van der Waals surface area contributed by atoms with E-state index in [1.54, 1.807) is 0 Å². The third kappa shape index (κ3) is 2.87. The van der Waals surface area contributed by atoms with Crippen LogP contribution >= 0.6 is 11.3 Å². The molecule has 21 heavy (non-hydrogen) atoms. The molecular formula is C14H12N2O4S. The molecule has 1 amide bonds. The number of carboxylic acid groups (broad SMARTS) is 1. The van der Waals surface area contributed by atoms with Gasteiger partial charge in [-0.25, -0.2) is 9.78 Å². The molecule has 2 aromatic rings. The largest absolute Gasteiger partial charge is 0.488 e. The van der Waals surface area contributed by atoms with Crippen LogP contribution in [-0.2, 0) is 6.42 Å². The average Bonchev–Trinajstić information content (AvgIpc) is 3.11. The maximum Gasteiger partial charge on any atom is 0.355 e. The molecule has 0 bridgehead atoms. The maximum absolute atomic E-state index is 11.9. The average molecular weight is 304 g/mol. The third-order valence-electron chi connectivity index (χ3n) is 3.12. The number of carbonyl (C=O) groups is 2. The Balaban J connectivity index is 1.56. The van der Waals surface area contributed by atoms with Crippen LogP contribution in [0.2, 0.25) is 0 Å². The number of carbonyl (C=O) groups excluding carboxylic acids is 1. The van der Waals surface area contributed by atoms with Crippen LogP contribution in [0.1, 0.15) is 25.9 Å². The van der Waals surface area contributed by atoms with Gasteiger partial charge < -0.3 is 15.2 Å². The molecule has 1 aromatic heterocycles. The Morgan fingerprint density at radius 2 is 2.24 bits per heavy atom. The molecule has 1 aliphatic heterocycles. The zero-order valence-corrected chi connectivity index (χ0v) is 11.7. The Labute approximate surface area is 124 Å². The zero-order chi connectivity index (χ0) is 14.8. The molecule has 1 unspecified atom stereocenters. The number of amides is 1. The topological polar surface area (TPSA) is 88.5 Å². The van der Waals surface area contributed by atoms with Gasteiger partial charge in [0, 0.05) is 11.8 Å². The molecule has 2 heterocycles. The molecule has 1 aromatic carbocycles. The Morgan fingerprint density at radius 3 is 2.95 bits per heavy atom. The lowest BCUT2D eigenvalue weighted by atomic mass is 10.1. The van der Waals surface area contributed by atoms with Gasteiger partial charge in [0.25, 0.3) is 5.91 Å². The highest BCUT2D eigenvalue weighted by Crippen LogP contribution is 2.27. The van der Waals surface area contributed by atoms with Crippen molar-refractivity contribution in [2.45, 2.75) is 12.5 Å². The van der Waals surface area contributed by atoms with Crippen LogP contribution in [0, 0.1) is 0 Å². The summed E-state index contributed by atoms with van der Waals surface area (Å²) in [4.78, 5) is 26.4. The lowest BCUT2D eigenvalue weighted by Gasteiger charge is -2.10. The van der Waals surface area contributed by atoms with Crippen molar-refractivity contribution >= 4 is 23.2 Å². The second kappa shape index (κ2) is 5.53. The van der Waals surface area contributed by atoms with Gasteiger partial charge in [-0.15, -0.1) is 11.3 Å². The van der Waals surface area contributed by atoms with E-state index in [1.165, 1.54) is 5.38 Å². The minimum Gasteiger partial charge on any atom is -0.488 e. The van der Waals surface area contributed by atoms with E-state index in [0.29, 0.717) is 6.54 Å². The standard InChI is InChI=1S/C14H12N2O4S/c17-12(13-16-10(7-21-13)14(18)19)15-6-9-5-8-3-1-2-4-11(8)20-9/h1-4,7,9H,5-6H2,(H,15,17)(H,18,19). The molecule has 2 N–H and O–H groups in total. The summed E-state index contributed by atoms with van der Waals surface area (Å²) in [5.74, 6) is -0.675. The molecule has 108 valence electrons. The van der Waals surface area contributed by atoms with Crippen molar-refractivity contribution in [3.05, 3.63) is 45.9 Å². The van der Waals surface area contributed by atoms with E-state index >= 15 is 0 Å². The van der Waals surface area contributed by atoms with Gasteiger partial charge in [0.1, 0.15) is 11.9 Å². The summed E-state index contributed by atoms with van der Waals surface area (Å²) < 4.78 is 5.71. The second-order valence-electron chi connectivity index (χ2n) is 4.60. The van der Waals surface area contributed by atoms with Crippen molar-refractivity contribution < 1.29 is 19.4 Å². The van der Waals surface area contributed by atoms with Crippen LogP contribution in [0.25, 0.3) is 0 Å². The maximum atomic E-state index is 11.9. The number of nitrogens with one attached hydrogen (secondary N) is 1. The Morgan fingerprint density at radius 1 is 1.43 bits per heavy atom. The van der Waals surface area contributed by atoms with Gasteiger partial charge in [-0.3, -0.25) is 4.79 Å². The SMILES string of the molecule is O=C(O)c1csc(C(=O)NCC2Cc3ccccc3O2)n1. The summed E-state index contributed by atoms with van der Waals surface area (Å²) in [5.41, 5.74) is 1.01. The van der Waals surface area contributed by atoms with E-state index in [9.17, 15) is 9.59 Å². The van der Waals surface area contributed by atoms with Crippen molar-refractivity contribution in [3.8, 4) is 5.75 Å². The van der Waals surface area contributed by atoms with Gasteiger partial charge in [-0.2, -0.15) is 0 Å². The number of para-hydroxylation sites is 1. The number of carboxylic acids is 1. The van der Waals surface area contributed by atoms with Crippen LogP contribution in [0.3, 0.4) is 0 Å². The number of nitrogens with zero attached hydrogens (tertiary/aromatic N) is 1. The molecule has 0 radical (unpaired) electrons. The molecular weight excluding hydrogens is 292 g/mol. The fourth-order valence-corrected chi connectivity index (χ4v) is 2.83. The van der Waals surface area contributed by atoms with Gasteiger partial charge in [-0.1, -0.05) is 18.2 Å². The number of hydrogen-bond donors (Lipinski definition) is 2. The van der Waals surface area contributed by atoms with Crippen LogP contribution in [0.15, 0.2) is 29.6 Å². The fraction of sp³-hybridized carbons (Fsp3) is 0.214. The molecule has 6 nitrogen and oxygen atoms in total. The molecule has 0 fully saturated rings. The molecule has 1 aliphatic rings. The first-order valence-electron chi connectivity index (χ1n) is 6.35. The van der Waals surface area contributed by atoms with Crippen molar-refractivity contribution in [2.24, 2.45) is 0 Å². The number of fused-ring (bicyclic) bond motifs is 1. The van der Waals surface area contributed by atoms with Gasteiger partial charge in [0.05, 0.1) is 6.54 Å². The Kier molecular flexibility index (Phi) is 3.57. The number of aromatic nitrogens is 1. The Bertz CT molecular complexity index is 673. The van der Waals surface area contributed by atoms with Gasteiger partial charge in [-0.05, 0) is 11.6 Å². The minimum absolute atomic E-state index is 0.106. The number of thiazole rings is 1. The predicted octanol–water partition coefficient (Wildman–Crippen LogP) is 1.57. The van der Waals surface area contributed by atoms with Crippen LogP contribution in [0.5, 0.6) is 5.75 Å². The summed E-state index contributed by atoms with van der Waals surface area (Å²) in [6, 6.07) is 7.75. The molecule has 0 saturated carbocycles. The van der Waals surface area contributed by atoms with Crippen molar-refractivity contribution in [1.82, 2.24) is 10.3 Å². The lowest BCUT2D eigenvalue weighted by Crippen LogP contribution is -2.34. The van der Waals surface area contributed by atoms with E-state index in [-0.39, 0.29) is 22.7 Å². The lowest BCUT2D eigenvalue weighted by molar-refractivity contribution is 0.0691. The predicted molar refractivity (Wildman–Crippen MR) is 76.0 cm³/mol. The highest BCUT2D eigenvalue weighted by molar-refractivity contribution is 7.11. The quantitative estimate of drug-likeness (QED) is 0.895. The molecule has 0 spiro atoms. The van der Waals surface area contributed by atoms with Crippen LogP contribution in [0.4, 0.5) is 0 Å². The normalized spacial score (nSPS) is 16.1. The minimum atomic E-state index is -1.14. The first kappa shape index (κ1) is 13.6. The van der Waals surface area contributed by atoms with E-state index in [4.69, 9.17) is 9.84 Å².